The molecule has 6 heteroatoms. The summed E-state index contributed by atoms with van der Waals surface area (Å²) in [6.07, 6.45) is 1.33. The van der Waals surface area contributed by atoms with Crippen LogP contribution in [0.4, 0.5) is 0 Å². The minimum Gasteiger partial charge on any atom is -0.352 e. The number of benzene rings is 2. The molecule has 2 aromatic rings. The van der Waals surface area contributed by atoms with Crippen LogP contribution in [0.1, 0.15) is 38.3 Å². The van der Waals surface area contributed by atoms with Crippen LogP contribution in [0.5, 0.6) is 0 Å². The van der Waals surface area contributed by atoms with Crippen molar-refractivity contribution in [2.45, 2.75) is 52.1 Å². The van der Waals surface area contributed by atoms with Gasteiger partial charge in [-0.15, -0.1) is 0 Å². The fourth-order valence-corrected chi connectivity index (χ4v) is 3.68. The Morgan fingerprint density at radius 1 is 1.07 bits per heavy atom. The highest BCUT2D eigenvalue weighted by Gasteiger charge is 2.28. The molecule has 4 nitrogen and oxygen atoms in total. The van der Waals surface area contributed by atoms with Crippen molar-refractivity contribution in [1.82, 2.24) is 10.2 Å². The van der Waals surface area contributed by atoms with Crippen molar-refractivity contribution in [3.05, 3.63) is 69.7 Å². The molecule has 0 fully saturated rings. The van der Waals surface area contributed by atoms with Gasteiger partial charge in [0.15, 0.2) is 0 Å². The standard InChI is InChI=1S/C23H28Cl2N2O2/c1-4-21(23(29)26-16(2)3)27(13-12-17-8-6-5-7-9-17)22(28)14-18-10-11-19(24)15-20(18)25/h5-11,15-16,21H,4,12-14H2,1-3H3,(H,26,29). The van der Waals surface area contributed by atoms with E-state index in [4.69, 9.17) is 23.2 Å². The van der Waals surface area contributed by atoms with Crippen molar-refractivity contribution in [1.29, 1.82) is 0 Å². The van der Waals surface area contributed by atoms with Crippen LogP contribution in [-0.2, 0) is 22.4 Å². The summed E-state index contributed by atoms with van der Waals surface area (Å²) in [6, 6.07) is 14.5. The summed E-state index contributed by atoms with van der Waals surface area (Å²) in [5.74, 6) is -0.262. The first kappa shape index (κ1) is 23.2. The molecule has 1 unspecified atom stereocenters. The van der Waals surface area contributed by atoms with Gasteiger partial charge in [-0.1, -0.05) is 66.5 Å². The summed E-state index contributed by atoms with van der Waals surface area (Å²) >= 11 is 12.2. The van der Waals surface area contributed by atoms with Crippen LogP contribution in [0.2, 0.25) is 10.0 Å². The molecule has 0 spiro atoms. The van der Waals surface area contributed by atoms with Crippen LogP contribution in [-0.4, -0.2) is 35.3 Å². The first-order valence-corrected chi connectivity index (χ1v) is 10.6. The third-order valence-electron chi connectivity index (χ3n) is 4.66. The molecular weight excluding hydrogens is 407 g/mol. The van der Waals surface area contributed by atoms with Gasteiger partial charge in [0.25, 0.3) is 0 Å². The maximum absolute atomic E-state index is 13.2. The van der Waals surface area contributed by atoms with Gasteiger partial charge in [-0.05, 0) is 49.9 Å². The van der Waals surface area contributed by atoms with E-state index in [1.54, 1.807) is 23.1 Å². The lowest BCUT2D eigenvalue weighted by Crippen LogP contribution is -2.51. The van der Waals surface area contributed by atoms with Crippen molar-refractivity contribution >= 4 is 35.0 Å². The molecule has 2 rings (SSSR count). The molecule has 0 radical (unpaired) electrons. The number of halogens is 2. The maximum Gasteiger partial charge on any atom is 0.242 e. The summed E-state index contributed by atoms with van der Waals surface area (Å²) in [4.78, 5) is 27.6. The molecule has 0 aliphatic rings. The second kappa shape index (κ2) is 11.2. The van der Waals surface area contributed by atoms with Crippen LogP contribution in [0, 0.1) is 0 Å². The third-order valence-corrected chi connectivity index (χ3v) is 5.24. The summed E-state index contributed by atoms with van der Waals surface area (Å²) in [5.41, 5.74) is 1.82. The Balaban J connectivity index is 2.23. The van der Waals surface area contributed by atoms with E-state index in [0.29, 0.717) is 35.0 Å². The van der Waals surface area contributed by atoms with Crippen LogP contribution in [0.25, 0.3) is 0 Å². The van der Waals surface area contributed by atoms with Gasteiger partial charge < -0.3 is 10.2 Å². The van der Waals surface area contributed by atoms with E-state index in [1.807, 2.05) is 51.1 Å². The summed E-state index contributed by atoms with van der Waals surface area (Å²) in [6.45, 7) is 6.20. The van der Waals surface area contributed by atoms with E-state index in [1.165, 1.54) is 0 Å². The van der Waals surface area contributed by atoms with Gasteiger partial charge >= 0.3 is 0 Å². The highest BCUT2D eigenvalue weighted by Crippen LogP contribution is 2.22. The minimum absolute atomic E-state index is 0.00772. The van der Waals surface area contributed by atoms with E-state index < -0.39 is 6.04 Å². The first-order chi connectivity index (χ1) is 13.8. The molecule has 2 aromatic carbocycles. The highest BCUT2D eigenvalue weighted by molar-refractivity contribution is 6.35. The number of nitrogens with one attached hydrogen (secondary N) is 1. The Kier molecular flexibility index (Phi) is 8.99. The molecule has 0 heterocycles. The number of amides is 2. The van der Waals surface area contributed by atoms with E-state index in [9.17, 15) is 9.59 Å². The zero-order chi connectivity index (χ0) is 21.4. The van der Waals surface area contributed by atoms with Gasteiger partial charge in [-0.25, -0.2) is 0 Å². The highest BCUT2D eigenvalue weighted by atomic mass is 35.5. The summed E-state index contributed by atoms with van der Waals surface area (Å²) in [7, 11) is 0. The molecule has 0 aliphatic heterocycles. The van der Waals surface area contributed by atoms with Crippen molar-refractivity contribution in [3.63, 3.8) is 0 Å². The summed E-state index contributed by atoms with van der Waals surface area (Å²) < 4.78 is 0. The average Bonchev–Trinajstić information content (AvgIpc) is 2.67. The van der Waals surface area contributed by atoms with Gasteiger partial charge in [-0.2, -0.15) is 0 Å². The normalized spacial score (nSPS) is 11.9. The van der Waals surface area contributed by atoms with Gasteiger partial charge in [0.1, 0.15) is 6.04 Å². The SMILES string of the molecule is CCC(C(=O)NC(C)C)N(CCc1ccccc1)C(=O)Cc1ccc(Cl)cc1Cl. The van der Waals surface area contributed by atoms with Gasteiger partial charge in [0.05, 0.1) is 6.42 Å². The number of carbonyl (C=O) groups excluding carboxylic acids is 2. The lowest BCUT2D eigenvalue weighted by Gasteiger charge is -2.31. The minimum atomic E-state index is -0.528. The Hall–Kier alpha value is -2.04. The number of carbonyl (C=O) groups is 2. The van der Waals surface area contributed by atoms with E-state index >= 15 is 0 Å². The zero-order valence-electron chi connectivity index (χ0n) is 17.1. The number of rotatable bonds is 9. The second-order valence-corrected chi connectivity index (χ2v) is 8.17. The molecular formula is C23H28Cl2N2O2. The van der Waals surface area contributed by atoms with E-state index in [2.05, 4.69) is 5.32 Å². The van der Waals surface area contributed by atoms with Gasteiger partial charge in [-0.3, -0.25) is 9.59 Å². The van der Waals surface area contributed by atoms with Crippen LogP contribution in [0.15, 0.2) is 48.5 Å². The Morgan fingerprint density at radius 3 is 2.34 bits per heavy atom. The molecule has 2 amide bonds. The number of hydrogen-bond donors (Lipinski definition) is 1. The van der Waals surface area contributed by atoms with Crippen molar-refractivity contribution in [2.75, 3.05) is 6.54 Å². The molecule has 0 bridgehead atoms. The molecule has 29 heavy (non-hydrogen) atoms. The third kappa shape index (κ3) is 7.06. The zero-order valence-corrected chi connectivity index (χ0v) is 18.6. The monoisotopic (exact) mass is 434 g/mol. The van der Waals surface area contributed by atoms with Crippen molar-refractivity contribution in [2.24, 2.45) is 0 Å². The maximum atomic E-state index is 13.2. The molecule has 0 aromatic heterocycles. The van der Waals surface area contributed by atoms with E-state index in [-0.39, 0.29) is 24.3 Å². The molecule has 1 atom stereocenters. The lowest BCUT2D eigenvalue weighted by molar-refractivity contribution is -0.140. The fraction of sp³-hybridized carbons (Fsp3) is 0.391. The lowest BCUT2D eigenvalue weighted by atomic mass is 10.1. The van der Waals surface area contributed by atoms with Gasteiger partial charge in [0.2, 0.25) is 11.8 Å². The smallest absolute Gasteiger partial charge is 0.242 e. The van der Waals surface area contributed by atoms with Crippen molar-refractivity contribution in [3.8, 4) is 0 Å². The van der Waals surface area contributed by atoms with Gasteiger partial charge in [0, 0.05) is 22.6 Å². The molecule has 1 N–H and O–H groups in total. The largest absolute Gasteiger partial charge is 0.352 e. The average molecular weight is 435 g/mol. The molecule has 0 saturated carbocycles. The predicted molar refractivity (Wildman–Crippen MR) is 119 cm³/mol. The van der Waals surface area contributed by atoms with Crippen LogP contribution in [0.3, 0.4) is 0 Å². The van der Waals surface area contributed by atoms with Crippen molar-refractivity contribution < 1.29 is 9.59 Å². The summed E-state index contributed by atoms with van der Waals surface area (Å²) in [5, 5.41) is 3.91. The molecule has 156 valence electrons. The Labute approximate surface area is 183 Å². The molecule has 0 saturated heterocycles. The first-order valence-electron chi connectivity index (χ1n) is 9.89. The van der Waals surface area contributed by atoms with Crippen LogP contribution >= 0.6 is 23.2 Å². The fourth-order valence-electron chi connectivity index (χ4n) is 3.21. The Bertz CT molecular complexity index is 825. The van der Waals surface area contributed by atoms with E-state index in [0.717, 1.165) is 5.56 Å². The van der Waals surface area contributed by atoms with Crippen LogP contribution < -0.4 is 5.32 Å². The Morgan fingerprint density at radius 2 is 1.76 bits per heavy atom. The molecule has 0 aliphatic carbocycles. The number of hydrogen-bond acceptors (Lipinski definition) is 2. The topological polar surface area (TPSA) is 49.4 Å². The second-order valence-electron chi connectivity index (χ2n) is 7.32. The predicted octanol–water partition coefficient (Wildman–Crippen LogP) is 4.91. The number of nitrogens with zero attached hydrogens (tertiary/aromatic N) is 1. The quantitative estimate of drug-likeness (QED) is 0.609.